The molecule has 0 heterocycles. The van der Waals surface area contributed by atoms with E-state index in [1.807, 2.05) is 6.07 Å². The Labute approximate surface area is 137 Å². The quantitative estimate of drug-likeness (QED) is 0.742. The number of halogens is 2. The molecule has 2 aromatic carbocycles. The molecule has 1 N–H and O–H groups in total. The van der Waals surface area contributed by atoms with E-state index in [1.165, 1.54) is 9.13 Å². The van der Waals surface area contributed by atoms with E-state index in [-0.39, 0.29) is 0 Å². The Hall–Kier alpha value is -1.14. The van der Waals surface area contributed by atoms with Gasteiger partial charge in [0.05, 0.1) is 24.9 Å². The van der Waals surface area contributed by atoms with Gasteiger partial charge in [-0.05, 0) is 46.4 Å². The van der Waals surface area contributed by atoms with Gasteiger partial charge >= 0.3 is 0 Å². The Morgan fingerprint density at radius 2 is 1.70 bits per heavy atom. The third-order valence-corrected chi connectivity index (χ3v) is 3.88. The highest BCUT2D eigenvalue weighted by atomic mass is 127. The molecule has 0 aliphatic carbocycles. The molecule has 0 aliphatic heterocycles. The maximum absolute atomic E-state index is 6.14. The first kappa shape index (κ1) is 15.3. The normalized spacial score (nSPS) is 10.2. The zero-order chi connectivity index (χ0) is 14.5. The molecule has 0 bridgehead atoms. The zero-order valence-corrected chi connectivity index (χ0v) is 14.2. The standard InChI is InChI=1S/C15H15ClINO2/c1-19-14-8-15(20-2)13(7-12(14)16)18-9-10-3-5-11(17)6-4-10/h3-8,18H,9H2,1-2H3. The molecule has 0 saturated carbocycles. The molecule has 106 valence electrons. The summed E-state index contributed by atoms with van der Waals surface area (Å²) < 4.78 is 11.7. The summed E-state index contributed by atoms with van der Waals surface area (Å²) in [5, 5.41) is 3.88. The molecule has 0 radical (unpaired) electrons. The van der Waals surface area contributed by atoms with Gasteiger partial charge < -0.3 is 14.8 Å². The zero-order valence-electron chi connectivity index (χ0n) is 11.2. The summed E-state index contributed by atoms with van der Waals surface area (Å²) in [6.07, 6.45) is 0. The van der Waals surface area contributed by atoms with E-state index in [0.29, 0.717) is 23.1 Å². The fourth-order valence-corrected chi connectivity index (χ4v) is 2.40. The average Bonchev–Trinajstić information content (AvgIpc) is 2.46. The Bertz CT molecular complexity index is 587. The van der Waals surface area contributed by atoms with Crippen molar-refractivity contribution in [1.29, 1.82) is 0 Å². The maximum atomic E-state index is 6.14. The minimum atomic E-state index is 0.554. The largest absolute Gasteiger partial charge is 0.495 e. The SMILES string of the molecule is COc1cc(OC)c(NCc2ccc(I)cc2)cc1Cl. The van der Waals surface area contributed by atoms with Crippen LogP contribution in [0.4, 0.5) is 5.69 Å². The van der Waals surface area contributed by atoms with Gasteiger partial charge in [-0.25, -0.2) is 0 Å². The number of nitrogens with one attached hydrogen (secondary N) is 1. The summed E-state index contributed by atoms with van der Waals surface area (Å²) >= 11 is 8.43. The second-order valence-corrected chi connectivity index (χ2v) is 5.82. The van der Waals surface area contributed by atoms with Crippen LogP contribution in [0.1, 0.15) is 5.56 Å². The van der Waals surface area contributed by atoms with Crippen LogP contribution in [-0.2, 0) is 6.54 Å². The van der Waals surface area contributed by atoms with Crippen LogP contribution in [0.25, 0.3) is 0 Å². The molecular weight excluding hydrogens is 389 g/mol. The molecule has 0 aliphatic rings. The molecule has 0 atom stereocenters. The van der Waals surface area contributed by atoms with E-state index in [9.17, 15) is 0 Å². The van der Waals surface area contributed by atoms with Gasteiger partial charge in [-0.3, -0.25) is 0 Å². The van der Waals surface area contributed by atoms with E-state index in [0.717, 1.165) is 5.69 Å². The summed E-state index contributed by atoms with van der Waals surface area (Å²) in [6, 6.07) is 11.9. The van der Waals surface area contributed by atoms with Crippen molar-refractivity contribution < 1.29 is 9.47 Å². The van der Waals surface area contributed by atoms with Gasteiger partial charge in [0.1, 0.15) is 11.5 Å². The molecule has 20 heavy (non-hydrogen) atoms. The number of anilines is 1. The molecular formula is C15H15ClINO2. The molecule has 3 nitrogen and oxygen atoms in total. The van der Waals surface area contributed by atoms with Crippen molar-refractivity contribution in [1.82, 2.24) is 0 Å². The fourth-order valence-electron chi connectivity index (χ4n) is 1.80. The van der Waals surface area contributed by atoms with Gasteiger partial charge in [-0.15, -0.1) is 0 Å². The summed E-state index contributed by atoms with van der Waals surface area (Å²) in [6.45, 7) is 0.704. The van der Waals surface area contributed by atoms with Crippen LogP contribution in [0.15, 0.2) is 36.4 Å². The lowest BCUT2D eigenvalue weighted by Crippen LogP contribution is -2.02. The van der Waals surface area contributed by atoms with Gasteiger partial charge in [0.2, 0.25) is 0 Å². The first-order valence-corrected chi connectivity index (χ1v) is 7.49. The number of rotatable bonds is 5. The highest BCUT2D eigenvalue weighted by Gasteiger charge is 2.09. The van der Waals surface area contributed by atoms with Crippen molar-refractivity contribution in [2.75, 3.05) is 19.5 Å². The van der Waals surface area contributed by atoms with Crippen LogP contribution in [0, 0.1) is 3.57 Å². The predicted molar refractivity (Wildman–Crippen MR) is 91.0 cm³/mol. The molecule has 0 amide bonds. The topological polar surface area (TPSA) is 30.5 Å². The lowest BCUT2D eigenvalue weighted by Gasteiger charge is -2.14. The van der Waals surface area contributed by atoms with Crippen molar-refractivity contribution in [3.63, 3.8) is 0 Å². The minimum Gasteiger partial charge on any atom is -0.495 e. The average molecular weight is 404 g/mol. The Balaban J connectivity index is 2.16. The number of benzene rings is 2. The van der Waals surface area contributed by atoms with E-state index < -0.39 is 0 Å². The number of hydrogen-bond acceptors (Lipinski definition) is 3. The Morgan fingerprint density at radius 1 is 1.05 bits per heavy atom. The molecule has 0 aromatic heterocycles. The van der Waals surface area contributed by atoms with Crippen LogP contribution in [0.3, 0.4) is 0 Å². The van der Waals surface area contributed by atoms with Crippen molar-refractivity contribution in [2.24, 2.45) is 0 Å². The van der Waals surface area contributed by atoms with E-state index >= 15 is 0 Å². The third-order valence-electron chi connectivity index (χ3n) is 2.87. The van der Waals surface area contributed by atoms with E-state index in [2.05, 4.69) is 52.2 Å². The number of hydrogen-bond donors (Lipinski definition) is 1. The highest BCUT2D eigenvalue weighted by Crippen LogP contribution is 2.36. The van der Waals surface area contributed by atoms with Gasteiger partial charge in [0.15, 0.2) is 0 Å². The molecule has 5 heteroatoms. The van der Waals surface area contributed by atoms with Gasteiger partial charge in [0.25, 0.3) is 0 Å². The van der Waals surface area contributed by atoms with Crippen molar-refractivity contribution >= 4 is 39.9 Å². The second-order valence-electron chi connectivity index (χ2n) is 4.17. The highest BCUT2D eigenvalue weighted by molar-refractivity contribution is 14.1. The van der Waals surface area contributed by atoms with E-state index in [4.69, 9.17) is 21.1 Å². The summed E-state index contributed by atoms with van der Waals surface area (Å²) in [7, 11) is 3.21. The number of ether oxygens (including phenoxy) is 2. The number of methoxy groups -OCH3 is 2. The first-order valence-electron chi connectivity index (χ1n) is 6.04. The maximum Gasteiger partial charge on any atom is 0.145 e. The summed E-state index contributed by atoms with van der Waals surface area (Å²) in [4.78, 5) is 0. The lowest BCUT2D eigenvalue weighted by molar-refractivity contribution is 0.395. The Morgan fingerprint density at radius 3 is 2.30 bits per heavy atom. The van der Waals surface area contributed by atoms with Crippen LogP contribution in [-0.4, -0.2) is 14.2 Å². The van der Waals surface area contributed by atoms with Gasteiger partial charge in [-0.1, -0.05) is 23.7 Å². The monoisotopic (exact) mass is 403 g/mol. The van der Waals surface area contributed by atoms with Crippen molar-refractivity contribution in [3.8, 4) is 11.5 Å². The summed E-state index contributed by atoms with van der Waals surface area (Å²) in [5.41, 5.74) is 2.04. The molecule has 0 saturated heterocycles. The smallest absolute Gasteiger partial charge is 0.145 e. The van der Waals surface area contributed by atoms with Crippen LogP contribution in [0.2, 0.25) is 5.02 Å². The fraction of sp³-hybridized carbons (Fsp3) is 0.200. The second kappa shape index (κ2) is 7.04. The molecule has 2 aromatic rings. The molecule has 0 spiro atoms. The molecule has 0 unspecified atom stereocenters. The van der Waals surface area contributed by atoms with Crippen LogP contribution < -0.4 is 14.8 Å². The Kier molecular flexibility index (Phi) is 5.37. The minimum absolute atomic E-state index is 0.554. The lowest BCUT2D eigenvalue weighted by atomic mass is 10.2. The van der Waals surface area contributed by atoms with Gasteiger partial charge in [0, 0.05) is 16.2 Å². The van der Waals surface area contributed by atoms with Crippen LogP contribution >= 0.6 is 34.2 Å². The molecule has 0 fully saturated rings. The van der Waals surface area contributed by atoms with Crippen molar-refractivity contribution in [3.05, 3.63) is 50.6 Å². The van der Waals surface area contributed by atoms with Gasteiger partial charge in [-0.2, -0.15) is 0 Å². The third kappa shape index (κ3) is 3.70. The van der Waals surface area contributed by atoms with E-state index in [1.54, 1.807) is 20.3 Å². The van der Waals surface area contributed by atoms with Crippen LogP contribution in [0.5, 0.6) is 11.5 Å². The van der Waals surface area contributed by atoms with Crippen molar-refractivity contribution in [2.45, 2.75) is 6.54 Å². The molecule has 2 rings (SSSR count). The summed E-state index contributed by atoms with van der Waals surface area (Å²) in [5.74, 6) is 1.31. The first-order chi connectivity index (χ1) is 9.63. The predicted octanol–water partition coefficient (Wildman–Crippen LogP) is 4.57.